The quantitative estimate of drug-likeness (QED) is 0.437. The Morgan fingerprint density at radius 3 is 2.41 bits per heavy atom. The Balaban J connectivity index is 1.73. The second-order valence-electron chi connectivity index (χ2n) is 7.40. The number of carbonyl (C=O) groups is 1. The number of nitrogens with zero attached hydrogens (tertiary/aromatic N) is 2. The van der Waals surface area contributed by atoms with Crippen LogP contribution in [0.5, 0.6) is 11.5 Å². The number of ether oxygens (including phenoxy) is 2. The predicted octanol–water partition coefficient (Wildman–Crippen LogP) is 5.90. The van der Waals surface area contributed by atoms with Crippen LogP contribution in [0, 0.1) is 0 Å². The van der Waals surface area contributed by atoms with Gasteiger partial charge in [-0.15, -0.1) is 11.3 Å². The van der Waals surface area contributed by atoms with Crippen LogP contribution in [0.2, 0.25) is 0 Å². The van der Waals surface area contributed by atoms with Crippen LogP contribution in [0.1, 0.15) is 35.5 Å². The van der Waals surface area contributed by atoms with Gasteiger partial charge in [0.15, 0.2) is 11.5 Å². The molecule has 0 aliphatic rings. The van der Waals surface area contributed by atoms with Crippen molar-refractivity contribution in [1.82, 2.24) is 9.88 Å². The van der Waals surface area contributed by atoms with E-state index in [1.54, 1.807) is 35.5 Å². The Hall–Kier alpha value is -3.07. The summed E-state index contributed by atoms with van der Waals surface area (Å²) >= 11 is 1.35. The number of amides is 1. The van der Waals surface area contributed by atoms with Gasteiger partial charge < -0.3 is 14.4 Å². The van der Waals surface area contributed by atoms with E-state index in [0.717, 1.165) is 17.7 Å². The number of methoxy groups -OCH3 is 1. The van der Waals surface area contributed by atoms with Gasteiger partial charge in [-0.05, 0) is 49.7 Å². The highest BCUT2D eigenvalue weighted by Gasteiger charge is 2.30. The zero-order chi connectivity index (χ0) is 23.5. The average Bonchev–Trinajstić information content (AvgIpc) is 3.26. The first-order valence-corrected chi connectivity index (χ1v) is 10.7. The van der Waals surface area contributed by atoms with Crippen LogP contribution < -0.4 is 9.47 Å². The molecule has 0 unspecified atom stereocenters. The molecule has 0 aliphatic heterocycles. The highest BCUT2D eigenvalue weighted by atomic mass is 32.1. The van der Waals surface area contributed by atoms with E-state index in [2.05, 4.69) is 4.98 Å². The number of alkyl halides is 3. The predicted molar refractivity (Wildman–Crippen MR) is 117 cm³/mol. The van der Waals surface area contributed by atoms with E-state index >= 15 is 0 Å². The van der Waals surface area contributed by atoms with Gasteiger partial charge in [-0.3, -0.25) is 4.79 Å². The van der Waals surface area contributed by atoms with Crippen LogP contribution in [-0.2, 0) is 12.8 Å². The lowest BCUT2D eigenvalue weighted by Gasteiger charge is -2.20. The maximum Gasteiger partial charge on any atom is 0.416 e. The van der Waals surface area contributed by atoms with E-state index < -0.39 is 11.7 Å². The van der Waals surface area contributed by atoms with Gasteiger partial charge in [0.25, 0.3) is 5.91 Å². The molecular weight excluding hydrogens is 441 g/mol. The zero-order valence-electron chi connectivity index (χ0n) is 18.1. The third-order valence-electron chi connectivity index (χ3n) is 4.90. The summed E-state index contributed by atoms with van der Waals surface area (Å²) < 4.78 is 49.2. The van der Waals surface area contributed by atoms with Gasteiger partial charge in [-0.25, -0.2) is 4.98 Å². The van der Waals surface area contributed by atoms with Gasteiger partial charge in [0, 0.05) is 24.0 Å². The number of benzene rings is 2. The van der Waals surface area contributed by atoms with Crippen molar-refractivity contribution in [2.24, 2.45) is 0 Å². The molecule has 0 N–H and O–H groups in total. The molecule has 0 saturated carbocycles. The van der Waals surface area contributed by atoms with Crippen molar-refractivity contribution in [2.45, 2.75) is 32.7 Å². The van der Waals surface area contributed by atoms with E-state index in [-0.39, 0.29) is 18.6 Å². The van der Waals surface area contributed by atoms with Gasteiger partial charge in [0.2, 0.25) is 0 Å². The number of hydrogen-bond donors (Lipinski definition) is 0. The average molecular weight is 465 g/mol. The summed E-state index contributed by atoms with van der Waals surface area (Å²) in [5.41, 5.74) is 1.04. The Morgan fingerprint density at radius 2 is 1.81 bits per heavy atom. The summed E-state index contributed by atoms with van der Waals surface area (Å²) in [5, 5.41) is 2.39. The van der Waals surface area contributed by atoms with Gasteiger partial charge in [0.05, 0.1) is 12.7 Å². The summed E-state index contributed by atoms with van der Waals surface area (Å²) in [7, 11) is 3.23. The molecule has 3 rings (SSSR count). The van der Waals surface area contributed by atoms with Crippen molar-refractivity contribution in [2.75, 3.05) is 14.2 Å². The van der Waals surface area contributed by atoms with Crippen molar-refractivity contribution < 1.29 is 27.4 Å². The first-order valence-electron chi connectivity index (χ1n) is 9.80. The molecule has 0 atom stereocenters. The van der Waals surface area contributed by atoms with E-state index in [1.807, 2.05) is 13.8 Å². The number of carbonyl (C=O) groups excluding carboxylic acids is 1. The molecule has 0 bridgehead atoms. The standard InChI is InChI=1S/C23H23F3N2O3S/c1-14(2)28(3)22(29)18-13-32-21(27-18)16-7-10-19(20(11-16)30-4)31-12-15-5-8-17(9-6-15)23(24,25)26/h5-11,13-14H,12H2,1-4H3. The summed E-state index contributed by atoms with van der Waals surface area (Å²) in [6, 6.07) is 10.1. The number of aromatic nitrogens is 1. The van der Waals surface area contributed by atoms with E-state index in [1.165, 1.54) is 30.6 Å². The van der Waals surface area contributed by atoms with Gasteiger partial charge >= 0.3 is 6.18 Å². The minimum absolute atomic E-state index is 0.0637. The fraction of sp³-hybridized carbons (Fsp3) is 0.304. The highest BCUT2D eigenvalue weighted by molar-refractivity contribution is 7.13. The Bertz CT molecular complexity index is 1080. The third-order valence-corrected chi connectivity index (χ3v) is 5.80. The molecular formula is C23H23F3N2O3S. The van der Waals surface area contributed by atoms with E-state index in [4.69, 9.17) is 9.47 Å². The Morgan fingerprint density at radius 1 is 1.12 bits per heavy atom. The van der Waals surface area contributed by atoms with E-state index in [0.29, 0.717) is 27.8 Å². The third kappa shape index (κ3) is 5.40. The normalized spacial score (nSPS) is 11.5. The molecule has 5 nitrogen and oxygen atoms in total. The molecule has 0 saturated heterocycles. The molecule has 1 heterocycles. The van der Waals surface area contributed by atoms with Gasteiger partial charge in [-0.1, -0.05) is 12.1 Å². The Kier molecular flexibility index (Phi) is 7.08. The van der Waals surface area contributed by atoms with Crippen LogP contribution in [0.25, 0.3) is 10.6 Å². The van der Waals surface area contributed by atoms with Crippen LogP contribution in [0.3, 0.4) is 0 Å². The molecule has 32 heavy (non-hydrogen) atoms. The summed E-state index contributed by atoms with van der Waals surface area (Å²) in [4.78, 5) is 18.5. The van der Waals surface area contributed by atoms with Gasteiger partial charge in [-0.2, -0.15) is 13.2 Å². The van der Waals surface area contributed by atoms with Crippen LogP contribution >= 0.6 is 11.3 Å². The second kappa shape index (κ2) is 9.60. The summed E-state index contributed by atoms with van der Waals surface area (Å²) in [6.07, 6.45) is -4.37. The topological polar surface area (TPSA) is 51.7 Å². The second-order valence-corrected chi connectivity index (χ2v) is 8.25. The summed E-state index contributed by atoms with van der Waals surface area (Å²) in [6.45, 7) is 3.95. The van der Waals surface area contributed by atoms with E-state index in [9.17, 15) is 18.0 Å². The minimum atomic E-state index is -4.37. The van der Waals surface area contributed by atoms with Crippen molar-refractivity contribution >= 4 is 17.2 Å². The lowest BCUT2D eigenvalue weighted by molar-refractivity contribution is -0.137. The molecule has 1 amide bonds. The minimum Gasteiger partial charge on any atom is -0.493 e. The lowest BCUT2D eigenvalue weighted by atomic mass is 10.1. The fourth-order valence-electron chi connectivity index (χ4n) is 2.79. The van der Waals surface area contributed by atoms with Crippen molar-refractivity contribution in [3.63, 3.8) is 0 Å². The SMILES string of the molecule is COc1cc(-c2nc(C(=O)N(C)C(C)C)cs2)ccc1OCc1ccc(C(F)(F)F)cc1. The molecule has 9 heteroatoms. The number of halogens is 3. The zero-order valence-corrected chi connectivity index (χ0v) is 18.9. The first kappa shape index (κ1) is 23.6. The van der Waals surface area contributed by atoms with Crippen LogP contribution in [-0.4, -0.2) is 36.0 Å². The molecule has 3 aromatic rings. The maximum absolute atomic E-state index is 12.7. The highest BCUT2D eigenvalue weighted by Crippen LogP contribution is 2.35. The molecule has 0 spiro atoms. The number of hydrogen-bond acceptors (Lipinski definition) is 5. The molecule has 0 aliphatic carbocycles. The lowest BCUT2D eigenvalue weighted by Crippen LogP contribution is -2.33. The monoisotopic (exact) mass is 464 g/mol. The van der Waals surface area contributed by atoms with Crippen molar-refractivity contribution in [3.05, 3.63) is 64.7 Å². The maximum atomic E-state index is 12.7. The van der Waals surface area contributed by atoms with Gasteiger partial charge in [0.1, 0.15) is 17.3 Å². The number of rotatable bonds is 7. The Labute approximate surface area is 188 Å². The molecule has 2 aromatic carbocycles. The van der Waals surface area contributed by atoms with Crippen LogP contribution in [0.15, 0.2) is 47.8 Å². The van der Waals surface area contributed by atoms with Crippen molar-refractivity contribution in [1.29, 1.82) is 0 Å². The molecule has 170 valence electrons. The van der Waals surface area contributed by atoms with Crippen molar-refractivity contribution in [3.8, 4) is 22.1 Å². The van der Waals surface area contributed by atoms with Crippen LogP contribution in [0.4, 0.5) is 13.2 Å². The fourth-order valence-corrected chi connectivity index (χ4v) is 3.58. The number of thiazole rings is 1. The molecule has 0 radical (unpaired) electrons. The molecule has 0 fully saturated rings. The first-order chi connectivity index (χ1) is 15.1. The largest absolute Gasteiger partial charge is 0.493 e. The summed E-state index contributed by atoms with van der Waals surface area (Å²) in [5.74, 6) is 0.756. The smallest absolute Gasteiger partial charge is 0.416 e. The molecule has 1 aromatic heterocycles.